The highest BCUT2D eigenvalue weighted by molar-refractivity contribution is 7.09. The van der Waals surface area contributed by atoms with Gasteiger partial charge in [-0.25, -0.2) is 0 Å². The molecule has 6 nitrogen and oxygen atoms in total. The zero-order valence-electron chi connectivity index (χ0n) is 14.2. The molecule has 3 rings (SSSR count). The third-order valence-electron chi connectivity index (χ3n) is 4.18. The molecule has 0 bridgehead atoms. The number of hydrogen-bond donors (Lipinski definition) is 0. The maximum absolute atomic E-state index is 11.7. The molecule has 7 heteroatoms. The zero-order chi connectivity index (χ0) is 16.9. The molecular weight excluding hydrogens is 324 g/mol. The summed E-state index contributed by atoms with van der Waals surface area (Å²) >= 11 is 1.79. The first-order chi connectivity index (χ1) is 11.6. The maximum atomic E-state index is 11.7. The molecule has 1 atom stereocenters. The van der Waals surface area contributed by atoms with Crippen molar-refractivity contribution in [3.05, 3.63) is 40.3 Å². The van der Waals surface area contributed by atoms with Gasteiger partial charge in [0, 0.05) is 57.3 Å². The van der Waals surface area contributed by atoms with E-state index in [1.54, 1.807) is 30.3 Å². The van der Waals surface area contributed by atoms with Gasteiger partial charge in [-0.05, 0) is 17.5 Å². The summed E-state index contributed by atoms with van der Waals surface area (Å²) in [5.41, 5.74) is 1.23. The fraction of sp³-hybridized carbons (Fsp3) is 0.529. The van der Waals surface area contributed by atoms with Gasteiger partial charge in [-0.1, -0.05) is 6.07 Å². The van der Waals surface area contributed by atoms with Crippen LogP contribution < -0.4 is 0 Å². The first-order valence-electron chi connectivity index (χ1n) is 8.15. The number of carbonyl (C=O) groups is 1. The van der Waals surface area contributed by atoms with Gasteiger partial charge < -0.3 is 9.64 Å². The number of nitrogens with zero attached hydrogens (tertiary/aromatic N) is 4. The zero-order valence-corrected chi connectivity index (χ0v) is 15.0. The Morgan fingerprint density at radius 1 is 1.42 bits per heavy atom. The summed E-state index contributed by atoms with van der Waals surface area (Å²) < 4.78 is 7.74. The predicted molar refractivity (Wildman–Crippen MR) is 93.7 cm³/mol. The van der Waals surface area contributed by atoms with Crippen LogP contribution in [-0.2, 0) is 29.2 Å². The van der Waals surface area contributed by atoms with E-state index in [1.807, 2.05) is 6.20 Å². The van der Waals surface area contributed by atoms with E-state index in [-0.39, 0.29) is 12.5 Å². The molecule has 0 radical (unpaired) electrons. The Bertz CT molecular complexity index is 653. The van der Waals surface area contributed by atoms with Crippen molar-refractivity contribution in [1.82, 2.24) is 19.6 Å². The van der Waals surface area contributed by atoms with Gasteiger partial charge in [0.25, 0.3) is 0 Å². The van der Waals surface area contributed by atoms with Gasteiger partial charge in [0.1, 0.15) is 6.61 Å². The summed E-state index contributed by atoms with van der Waals surface area (Å²) in [5, 5.41) is 6.55. The third-order valence-corrected chi connectivity index (χ3v) is 5.04. The van der Waals surface area contributed by atoms with Gasteiger partial charge >= 0.3 is 0 Å². The van der Waals surface area contributed by atoms with Crippen molar-refractivity contribution in [2.24, 2.45) is 5.92 Å². The molecule has 3 heterocycles. The molecule has 0 saturated heterocycles. The van der Waals surface area contributed by atoms with Crippen LogP contribution in [0.3, 0.4) is 0 Å². The Kier molecular flexibility index (Phi) is 5.65. The van der Waals surface area contributed by atoms with Crippen LogP contribution in [-0.4, -0.2) is 59.3 Å². The van der Waals surface area contributed by atoms with Crippen LogP contribution in [0.1, 0.15) is 10.6 Å². The van der Waals surface area contributed by atoms with Crippen molar-refractivity contribution in [2.45, 2.75) is 19.6 Å². The minimum Gasteiger partial charge on any atom is -0.371 e. The maximum Gasteiger partial charge on any atom is 0.248 e. The van der Waals surface area contributed by atoms with Crippen molar-refractivity contribution >= 4 is 17.2 Å². The molecule has 0 saturated carbocycles. The van der Waals surface area contributed by atoms with Crippen molar-refractivity contribution in [1.29, 1.82) is 0 Å². The smallest absolute Gasteiger partial charge is 0.248 e. The fourth-order valence-electron chi connectivity index (χ4n) is 2.91. The first-order valence-corrected chi connectivity index (χ1v) is 9.03. The van der Waals surface area contributed by atoms with Gasteiger partial charge in [-0.3, -0.25) is 14.4 Å². The highest BCUT2D eigenvalue weighted by Crippen LogP contribution is 2.20. The van der Waals surface area contributed by atoms with Gasteiger partial charge in [0.15, 0.2) is 0 Å². The molecule has 1 aliphatic heterocycles. The Morgan fingerprint density at radius 2 is 2.29 bits per heavy atom. The number of amides is 1. The molecule has 0 spiro atoms. The van der Waals surface area contributed by atoms with Gasteiger partial charge in [0.2, 0.25) is 5.91 Å². The van der Waals surface area contributed by atoms with E-state index in [4.69, 9.17) is 4.74 Å². The van der Waals surface area contributed by atoms with Gasteiger partial charge in [-0.15, -0.1) is 11.3 Å². The number of fused-ring (bicyclic) bond motifs is 1. The molecule has 0 N–H and O–H groups in total. The number of hydrogen-bond acceptors (Lipinski definition) is 5. The molecule has 24 heavy (non-hydrogen) atoms. The van der Waals surface area contributed by atoms with Crippen molar-refractivity contribution < 1.29 is 9.53 Å². The summed E-state index contributed by atoms with van der Waals surface area (Å²) in [6, 6.07) is 6.35. The molecule has 0 fully saturated rings. The molecular formula is C17H24N4O2S. The standard InChI is InChI=1S/C17H24N4O2S/c1-19(2)17(22)13-23-12-14-8-20(11-16-4-3-7-24-16)10-15-5-6-18-21(15)9-14/h3-7,14H,8-13H2,1-2H3/t14-/m1/s1. The average molecular weight is 348 g/mol. The number of thiophene rings is 1. The highest BCUT2D eigenvalue weighted by atomic mass is 32.1. The minimum atomic E-state index is -0.00107. The first kappa shape index (κ1) is 17.1. The molecule has 0 aliphatic carbocycles. The highest BCUT2D eigenvalue weighted by Gasteiger charge is 2.23. The monoisotopic (exact) mass is 348 g/mol. The van der Waals surface area contributed by atoms with E-state index < -0.39 is 0 Å². The number of aromatic nitrogens is 2. The summed E-state index contributed by atoms with van der Waals surface area (Å²) in [6.45, 7) is 4.32. The summed E-state index contributed by atoms with van der Waals surface area (Å²) in [6.07, 6.45) is 1.86. The Balaban J connectivity index is 1.62. The topological polar surface area (TPSA) is 50.6 Å². The lowest BCUT2D eigenvalue weighted by Gasteiger charge is -2.23. The fourth-order valence-corrected chi connectivity index (χ4v) is 3.66. The second kappa shape index (κ2) is 7.92. The van der Waals surface area contributed by atoms with Crippen LogP contribution in [0.4, 0.5) is 0 Å². The summed E-state index contributed by atoms with van der Waals surface area (Å²) in [5.74, 6) is 0.319. The predicted octanol–water partition coefficient (Wildman–Crippen LogP) is 1.68. The quantitative estimate of drug-likeness (QED) is 0.797. The SMILES string of the molecule is CN(C)C(=O)COC[C@@H]1CN(Cc2cccs2)Cc2ccnn2C1. The van der Waals surface area contributed by atoms with Crippen LogP contribution >= 0.6 is 11.3 Å². The van der Waals surface area contributed by atoms with Crippen molar-refractivity contribution in [3.63, 3.8) is 0 Å². The van der Waals surface area contributed by atoms with Crippen LogP contribution in [0.25, 0.3) is 0 Å². The second-order valence-electron chi connectivity index (χ2n) is 6.42. The normalized spacial score (nSPS) is 18.2. The molecule has 0 unspecified atom stereocenters. The second-order valence-corrected chi connectivity index (χ2v) is 7.46. The average Bonchev–Trinajstić information content (AvgIpc) is 3.16. The van der Waals surface area contributed by atoms with Crippen LogP contribution in [0.2, 0.25) is 0 Å². The third kappa shape index (κ3) is 4.43. The van der Waals surface area contributed by atoms with Crippen molar-refractivity contribution in [3.8, 4) is 0 Å². The molecule has 130 valence electrons. The van der Waals surface area contributed by atoms with E-state index >= 15 is 0 Å². The number of rotatable bonds is 6. The van der Waals surface area contributed by atoms with E-state index in [0.717, 1.165) is 26.2 Å². The van der Waals surface area contributed by atoms with E-state index in [2.05, 4.69) is 38.3 Å². The Hall–Kier alpha value is -1.70. The van der Waals surface area contributed by atoms with Crippen LogP contribution in [0.5, 0.6) is 0 Å². The number of carbonyl (C=O) groups excluding carboxylic acids is 1. The lowest BCUT2D eigenvalue weighted by atomic mass is 10.1. The largest absolute Gasteiger partial charge is 0.371 e. The Labute approximate surface area is 146 Å². The summed E-state index contributed by atoms with van der Waals surface area (Å²) in [7, 11) is 3.49. The van der Waals surface area contributed by atoms with Crippen LogP contribution in [0.15, 0.2) is 29.8 Å². The van der Waals surface area contributed by atoms with E-state index in [1.165, 1.54) is 10.6 Å². The van der Waals surface area contributed by atoms with Gasteiger partial charge in [-0.2, -0.15) is 5.10 Å². The molecule has 1 amide bonds. The number of likely N-dealkylation sites (N-methyl/N-ethyl adjacent to an activating group) is 1. The molecule has 2 aromatic rings. The number of ether oxygens (including phenoxy) is 1. The Morgan fingerprint density at radius 3 is 3.04 bits per heavy atom. The summed E-state index contributed by atoms with van der Waals surface area (Å²) in [4.78, 5) is 17.0. The molecule has 0 aromatic carbocycles. The van der Waals surface area contributed by atoms with E-state index in [0.29, 0.717) is 12.5 Å². The lowest BCUT2D eigenvalue weighted by Crippen LogP contribution is -2.32. The minimum absolute atomic E-state index is 0.00107. The molecule has 2 aromatic heterocycles. The van der Waals surface area contributed by atoms with Crippen molar-refractivity contribution in [2.75, 3.05) is 33.9 Å². The molecule has 1 aliphatic rings. The van der Waals surface area contributed by atoms with E-state index in [9.17, 15) is 4.79 Å². The van der Waals surface area contributed by atoms with Crippen LogP contribution in [0, 0.1) is 5.92 Å². The lowest BCUT2D eigenvalue weighted by molar-refractivity contribution is -0.134. The van der Waals surface area contributed by atoms with Gasteiger partial charge in [0.05, 0.1) is 12.3 Å².